The van der Waals surface area contributed by atoms with Crippen LogP contribution in [0.1, 0.15) is 41.4 Å². The summed E-state index contributed by atoms with van der Waals surface area (Å²) in [5.41, 5.74) is 4.37. The number of carbonyl (C=O) groups excluding carboxylic acids is 1. The van der Waals surface area contributed by atoms with Gasteiger partial charge in [0.25, 0.3) is 5.91 Å². The van der Waals surface area contributed by atoms with Crippen LogP contribution < -0.4 is 5.32 Å². The largest absolute Gasteiger partial charge is 0.396 e. The number of aryl methyl sites for hydroxylation is 1. The molecule has 0 fully saturated rings. The van der Waals surface area contributed by atoms with Gasteiger partial charge in [0, 0.05) is 29.6 Å². The Morgan fingerprint density at radius 2 is 2.25 bits per heavy atom. The maximum absolute atomic E-state index is 12.8. The minimum absolute atomic E-state index is 0.00881. The van der Waals surface area contributed by atoms with Gasteiger partial charge in [-0.2, -0.15) is 0 Å². The normalized spacial score (nSPS) is 25.8. The predicted octanol–water partition coefficient (Wildman–Crippen LogP) is 2.96. The summed E-state index contributed by atoms with van der Waals surface area (Å²) in [5.74, 6) is 0.818. The highest BCUT2D eigenvalue weighted by Gasteiger charge is 2.24. The van der Waals surface area contributed by atoms with E-state index in [0.29, 0.717) is 5.92 Å². The number of hydrogen-bond donors (Lipinski definition) is 3. The lowest BCUT2D eigenvalue weighted by molar-refractivity contribution is 0.0942. The zero-order chi connectivity index (χ0) is 16.7. The number of H-pyrrole nitrogens is 1. The van der Waals surface area contributed by atoms with Gasteiger partial charge in [-0.05, 0) is 43.2 Å². The van der Waals surface area contributed by atoms with E-state index in [-0.39, 0.29) is 24.5 Å². The first kappa shape index (κ1) is 15.5. The molecule has 4 nitrogen and oxygen atoms in total. The highest BCUT2D eigenvalue weighted by atomic mass is 16.3. The van der Waals surface area contributed by atoms with Crippen molar-refractivity contribution in [2.24, 2.45) is 11.8 Å². The topological polar surface area (TPSA) is 65.1 Å². The molecule has 3 atom stereocenters. The van der Waals surface area contributed by atoms with Crippen molar-refractivity contribution in [2.75, 3.05) is 6.61 Å². The molecule has 0 saturated heterocycles. The molecule has 3 N–H and O–H groups in total. The van der Waals surface area contributed by atoms with Crippen molar-refractivity contribution >= 4 is 16.8 Å². The van der Waals surface area contributed by atoms with Crippen LogP contribution in [0.3, 0.4) is 0 Å². The molecule has 2 aliphatic rings. The van der Waals surface area contributed by atoms with E-state index in [1.54, 1.807) is 0 Å². The zero-order valence-electron chi connectivity index (χ0n) is 14.0. The predicted molar refractivity (Wildman–Crippen MR) is 95.1 cm³/mol. The third kappa shape index (κ3) is 2.65. The van der Waals surface area contributed by atoms with Crippen molar-refractivity contribution in [3.05, 3.63) is 47.2 Å². The van der Waals surface area contributed by atoms with Crippen LogP contribution in [0, 0.1) is 11.8 Å². The first-order valence-corrected chi connectivity index (χ1v) is 8.88. The Balaban J connectivity index is 1.63. The second-order valence-electron chi connectivity index (χ2n) is 7.30. The molecule has 2 aliphatic carbocycles. The lowest BCUT2D eigenvalue weighted by Crippen LogP contribution is -2.33. The molecule has 0 saturated carbocycles. The molecule has 4 heteroatoms. The Morgan fingerprint density at radius 1 is 1.38 bits per heavy atom. The fourth-order valence-corrected chi connectivity index (χ4v) is 4.07. The number of hydrogen-bond acceptors (Lipinski definition) is 2. The minimum atomic E-state index is -0.0412. The van der Waals surface area contributed by atoms with Gasteiger partial charge in [-0.3, -0.25) is 4.79 Å². The first-order valence-electron chi connectivity index (χ1n) is 8.88. The van der Waals surface area contributed by atoms with Crippen molar-refractivity contribution in [1.29, 1.82) is 0 Å². The van der Waals surface area contributed by atoms with Crippen LogP contribution in [0.4, 0.5) is 0 Å². The molecular formula is C20H24N2O2. The van der Waals surface area contributed by atoms with Crippen LogP contribution in [0.5, 0.6) is 0 Å². The zero-order valence-corrected chi connectivity index (χ0v) is 14.0. The summed E-state index contributed by atoms with van der Waals surface area (Å²) >= 11 is 0. The van der Waals surface area contributed by atoms with Gasteiger partial charge >= 0.3 is 0 Å². The Labute approximate surface area is 142 Å². The molecule has 1 amide bonds. The fourth-order valence-electron chi connectivity index (χ4n) is 4.07. The molecule has 0 radical (unpaired) electrons. The van der Waals surface area contributed by atoms with Gasteiger partial charge < -0.3 is 15.4 Å². The number of carbonyl (C=O) groups is 1. The summed E-state index contributed by atoms with van der Waals surface area (Å²) in [6, 6.07) is 6.00. The minimum Gasteiger partial charge on any atom is -0.396 e. The van der Waals surface area contributed by atoms with Gasteiger partial charge in [0.05, 0.1) is 11.1 Å². The van der Waals surface area contributed by atoms with Crippen molar-refractivity contribution in [1.82, 2.24) is 10.3 Å². The number of para-hydroxylation sites is 1. The first-order chi connectivity index (χ1) is 11.7. The molecule has 1 heterocycles. The molecule has 126 valence electrons. The van der Waals surface area contributed by atoms with E-state index in [0.717, 1.165) is 30.3 Å². The maximum Gasteiger partial charge on any atom is 0.253 e. The standard InChI is InChI=1S/C20H24N2O2/c1-12-5-8-18-17(9-12)15-3-2-4-16(19(15)22-18)20(24)21-14-7-6-13(10-14)11-23/h2-4,6-7,12-14,22-23H,5,8-11H2,1H3,(H,21,24)/t12?,13-,14+/m0/s1. The second-order valence-corrected chi connectivity index (χ2v) is 7.30. The summed E-state index contributed by atoms with van der Waals surface area (Å²) in [6.45, 7) is 2.43. The number of fused-ring (bicyclic) bond motifs is 3. The van der Waals surface area contributed by atoms with E-state index in [2.05, 4.69) is 23.3 Å². The van der Waals surface area contributed by atoms with Crippen LogP contribution >= 0.6 is 0 Å². The molecule has 0 spiro atoms. The maximum atomic E-state index is 12.8. The van der Waals surface area contributed by atoms with E-state index in [1.165, 1.54) is 23.1 Å². The van der Waals surface area contributed by atoms with Crippen LogP contribution in [0.2, 0.25) is 0 Å². The highest BCUT2D eigenvalue weighted by molar-refractivity contribution is 6.07. The number of aliphatic hydroxyl groups excluding tert-OH is 1. The van der Waals surface area contributed by atoms with Crippen LogP contribution in [0.15, 0.2) is 30.4 Å². The number of aromatic amines is 1. The lowest BCUT2D eigenvalue weighted by Gasteiger charge is -2.17. The number of aliphatic hydroxyl groups is 1. The molecule has 1 aromatic carbocycles. The van der Waals surface area contributed by atoms with Crippen molar-refractivity contribution in [3.8, 4) is 0 Å². The van der Waals surface area contributed by atoms with Crippen LogP contribution in [-0.2, 0) is 12.8 Å². The molecule has 24 heavy (non-hydrogen) atoms. The monoisotopic (exact) mass is 324 g/mol. The third-order valence-corrected chi connectivity index (χ3v) is 5.44. The van der Waals surface area contributed by atoms with E-state index in [9.17, 15) is 9.90 Å². The molecule has 0 bridgehead atoms. The number of rotatable bonds is 3. The smallest absolute Gasteiger partial charge is 0.253 e. The Bertz CT molecular complexity index is 805. The number of nitrogens with one attached hydrogen (secondary N) is 2. The summed E-state index contributed by atoms with van der Waals surface area (Å²) in [6.07, 6.45) is 8.11. The van der Waals surface area contributed by atoms with Gasteiger partial charge in [-0.25, -0.2) is 0 Å². The van der Waals surface area contributed by atoms with Crippen molar-refractivity contribution < 1.29 is 9.90 Å². The average molecular weight is 324 g/mol. The van der Waals surface area contributed by atoms with Gasteiger partial charge in [-0.15, -0.1) is 0 Å². The second kappa shape index (κ2) is 6.10. The Hall–Kier alpha value is -2.07. The highest BCUT2D eigenvalue weighted by Crippen LogP contribution is 2.33. The molecule has 4 rings (SSSR count). The summed E-state index contributed by atoms with van der Waals surface area (Å²) in [5, 5.41) is 13.5. The Kier molecular flexibility index (Phi) is 3.93. The number of benzene rings is 1. The summed E-state index contributed by atoms with van der Waals surface area (Å²) in [7, 11) is 0. The molecule has 0 aliphatic heterocycles. The van der Waals surface area contributed by atoms with E-state index in [4.69, 9.17) is 0 Å². The average Bonchev–Trinajstić information content (AvgIpc) is 3.18. The van der Waals surface area contributed by atoms with Gasteiger partial charge in [-0.1, -0.05) is 31.2 Å². The number of amides is 1. The third-order valence-electron chi connectivity index (χ3n) is 5.44. The van der Waals surface area contributed by atoms with E-state index in [1.807, 2.05) is 24.3 Å². The molecular weight excluding hydrogens is 300 g/mol. The van der Waals surface area contributed by atoms with Crippen LogP contribution in [0.25, 0.3) is 10.9 Å². The van der Waals surface area contributed by atoms with Gasteiger partial charge in [0.15, 0.2) is 0 Å². The van der Waals surface area contributed by atoms with Crippen molar-refractivity contribution in [2.45, 2.75) is 38.6 Å². The van der Waals surface area contributed by atoms with Crippen molar-refractivity contribution in [3.63, 3.8) is 0 Å². The quantitative estimate of drug-likeness (QED) is 0.760. The Morgan fingerprint density at radius 3 is 3.04 bits per heavy atom. The summed E-state index contributed by atoms with van der Waals surface area (Å²) < 4.78 is 0. The van der Waals surface area contributed by atoms with Crippen LogP contribution in [-0.4, -0.2) is 28.6 Å². The van der Waals surface area contributed by atoms with E-state index < -0.39 is 0 Å². The molecule has 1 aromatic heterocycles. The van der Waals surface area contributed by atoms with E-state index >= 15 is 0 Å². The fraction of sp³-hybridized carbons (Fsp3) is 0.450. The lowest BCUT2D eigenvalue weighted by atomic mass is 9.87. The number of aromatic nitrogens is 1. The van der Waals surface area contributed by atoms with Gasteiger partial charge in [0.1, 0.15) is 0 Å². The van der Waals surface area contributed by atoms with Gasteiger partial charge in [0.2, 0.25) is 0 Å². The summed E-state index contributed by atoms with van der Waals surface area (Å²) in [4.78, 5) is 16.3. The SMILES string of the molecule is CC1CCc2[nH]c3c(C(=O)N[C@@H]4C=C[C@H](CO)C4)cccc3c2C1. The molecule has 2 aromatic rings. The molecule has 1 unspecified atom stereocenters.